The minimum absolute atomic E-state index is 0.136. The molecule has 1 aliphatic rings. The lowest BCUT2D eigenvalue weighted by Crippen LogP contribution is -2.25. The number of nitrogens with zero attached hydrogens (tertiary/aromatic N) is 1. The molecule has 0 aliphatic heterocycles. The first-order valence-electron chi connectivity index (χ1n) is 12.0. The monoisotopic (exact) mass is 564 g/mol. The number of carbonyl (C=O) groups excluding carboxylic acids is 1. The molecule has 0 spiro atoms. The number of rotatable bonds is 10. The van der Waals surface area contributed by atoms with Gasteiger partial charge in [0.2, 0.25) is 11.2 Å². The number of aromatic carboxylic acids is 1. The minimum Gasteiger partial charge on any atom is -0.478 e. The van der Waals surface area contributed by atoms with Crippen molar-refractivity contribution in [1.29, 1.82) is 0 Å². The summed E-state index contributed by atoms with van der Waals surface area (Å²) in [6.07, 6.45) is 1.69. The van der Waals surface area contributed by atoms with Crippen LogP contribution in [0.3, 0.4) is 0 Å². The molecule has 2 N–H and O–H groups in total. The second kappa shape index (κ2) is 10.9. The molecule has 1 atom stereocenters. The number of aryl methyl sites for hydroxylation is 1. The number of amides is 1. The van der Waals surface area contributed by atoms with Gasteiger partial charge in [0.15, 0.2) is 15.0 Å². The zero-order valence-electron chi connectivity index (χ0n) is 20.7. The molecule has 11 heteroatoms. The Morgan fingerprint density at radius 2 is 1.62 bits per heavy atom. The van der Waals surface area contributed by atoms with E-state index in [4.69, 9.17) is 14.6 Å². The molecule has 1 aromatic heterocycles. The van der Waals surface area contributed by atoms with E-state index in [1.165, 1.54) is 42.6 Å². The number of nitrogens with one attached hydrogen (secondary N) is 1. The topological polar surface area (TPSA) is 132 Å². The summed E-state index contributed by atoms with van der Waals surface area (Å²) < 4.78 is 37.0. The Labute approximate surface area is 229 Å². The van der Waals surface area contributed by atoms with Crippen molar-refractivity contribution in [2.24, 2.45) is 0 Å². The molecule has 0 radical (unpaired) electrons. The number of benzene rings is 3. The second-order valence-electron chi connectivity index (χ2n) is 9.03. The Bertz CT molecular complexity index is 1590. The lowest BCUT2D eigenvalue weighted by molar-refractivity contribution is -0.123. The first-order valence-corrected chi connectivity index (χ1v) is 14.4. The Morgan fingerprint density at radius 3 is 2.23 bits per heavy atom. The standard InChI is InChI=1S/C28H24N2O7S2/c1-17-2-8-21(9-3-17)37-25(18-6-12-22(13-7-18)39(34,35)23-14-15-23)26(31)30-28-29-16-24(38-28)36-20-10-4-19(5-11-20)27(32)33/h2-13,16,23,25H,14-15H2,1H3,(H,32,33)(H,29,30,31). The summed E-state index contributed by atoms with van der Waals surface area (Å²) in [5, 5.41) is 12.1. The molecular weight excluding hydrogens is 540 g/mol. The summed E-state index contributed by atoms with van der Waals surface area (Å²) in [6, 6.07) is 19.3. The van der Waals surface area contributed by atoms with Gasteiger partial charge < -0.3 is 14.6 Å². The van der Waals surface area contributed by atoms with E-state index in [0.717, 1.165) is 16.9 Å². The van der Waals surface area contributed by atoms with E-state index in [1.54, 1.807) is 24.3 Å². The zero-order valence-corrected chi connectivity index (χ0v) is 22.4. The van der Waals surface area contributed by atoms with Crippen LogP contribution in [0.5, 0.6) is 16.6 Å². The molecule has 0 saturated heterocycles. The third-order valence-corrected chi connectivity index (χ3v) is 9.09. The molecule has 1 aliphatic carbocycles. The summed E-state index contributed by atoms with van der Waals surface area (Å²) in [7, 11) is -3.36. The summed E-state index contributed by atoms with van der Waals surface area (Å²) in [4.78, 5) is 28.8. The normalized spacial score (nSPS) is 13.9. The molecule has 1 fully saturated rings. The lowest BCUT2D eigenvalue weighted by Gasteiger charge is -2.19. The van der Waals surface area contributed by atoms with Crippen molar-refractivity contribution in [1.82, 2.24) is 4.98 Å². The average molecular weight is 565 g/mol. The summed E-state index contributed by atoms with van der Waals surface area (Å²) >= 11 is 1.09. The van der Waals surface area contributed by atoms with Crippen LogP contribution >= 0.6 is 11.3 Å². The first kappa shape index (κ1) is 26.4. The van der Waals surface area contributed by atoms with E-state index in [2.05, 4.69) is 10.3 Å². The Morgan fingerprint density at radius 1 is 0.974 bits per heavy atom. The van der Waals surface area contributed by atoms with Crippen molar-refractivity contribution in [2.75, 3.05) is 5.32 Å². The highest BCUT2D eigenvalue weighted by Crippen LogP contribution is 2.35. The highest BCUT2D eigenvalue weighted by Gasteiger charge is 2.37. The highest BCUT2D eigenvalue weighted by molar-refractivity contribution is 7.92. The van der Waals surface area contributed by atoms with Crippen LogP contribution in [0.25, 0.3) is 0 Å². The maximum Gasteiger partial charge on any atom is 0.335 e. The largest absolute Gasteiger partial charge is 0.478 e. The van der Waals surface area contributed by atoms with Crippen LogP contribution in [-0.2, 0) is 14.6 Å². The van der Waals surface area contributed by atoms with Crippen LogP contribution in [0.1, 0.15) is 40.4 Å². The molecule has 5 rings (SSSR count). The Kier molecular flexibility index (Phi) is 7.36. The number of sulfone groups is 1. The van der Waals surface area contributed by atoms with Gasteiger partial charge in [-0.1, -0.05) is 41.2 Å². The molecule has 3 aromatic carbocycles. The van der Waals surface area contributed by atoms with Crippen LogP contribution in [0.4, 0.5) is 5.13 Å². The lowest BCUT2D eigenvalue weighted by atomic mass is 10.1. The third-order valence-electron chi connectivity index (χ3n) is 6.02. The highest BCUT2D eigenvalue weighted by atomic mass is 32.2. The van der Waals surface area contributed by atoms with Crippen molar-refractivity contribution in [2.45, 2.75) is 36.0 Å². The second-order valence-corrected chi connectivity index (χ2v) is 12.3. The molecule has 0 bridgehead atoms. The number of hydrogen-bond donors (Lipinski definition) is 2. The molecule has 39 heavy (non-hydrogen) atoms. The SMILES string of the molecule is Cc1ccc(OC(C(=O)Nc2ncc(Oc3ccc(C(=O)O)cc3)s2)c2ccc(S(=O)(=O)C3CC3)cc2)cc1. The number of ether oxygens (including phenoxy) is 2. The molecular formula is C28H24N2O7S2. The van der Waals surface area contributed by atoms with Crippen molar-refractivity contribution in [3.8, 4) is 16.6 Å². The van der Waals surface area contributed by atoms with Crippen LogP contribution in [0, 0.1) is 6.92 Å². The van der Waals surface area contributed by atoms with Crippen molar-refractivity contribution >= 4 is 38.2 Å². The van der Waals surface area contributed by atoms with Gasteiger partial charge in [0.25, 0.3) is 5.91 Å². The van der Waals surface area contributed by atoms with Gasteiger partial charge in [-0.15, -0.1) is 0 Å². The molecule has 1 saturated carbocycles. The number of aromatic nitrogens is 1. The van der Waals surface area contributed by atoms with Crippen molar-refractivity contribution in [3.05, 3.63) is 95.7 Å². The van der Waals surface area contributed by atoms with Gasteiger partial charge in [0, 0.05) is 5.56 Å². The van der Waals surface area contributed by atoms with Gasteiger partial charge in [-0.25, -0.2) is 18.2 Å². The van der Waals surface area contributed by atoms with Crippen LogP contribution < -0.4 is 14.8 Å². The number of thiazole rings is 1. The maximum atomic E-state index is 13.4. The number of hydrogen-bond acceptors (Lipinski definition) is 8. The number of carbonyl (C=O) groups is 2. The Hall–Kier alpha value is -4.22. The predicted octanol–water partition coefficient (Wildman–Crippen LogP) is 5.64. The summed E-state index contributed by atoms with van der Waals surface area (Å²) in [5.74, 6) is -0.641. The van der Waals surface area contributed by atoms with E-state index >= 15 is 0 Å². The van der Waals surface area contributed by atoms with Gasteiger partial charge in [0.05, 0.1) is 21.9 Å². The number of carboxylic acids is 1. The summed E-state index contributed by atoms with van der Waals surface area (Å²) in [6.45, 7) is 1.94. The average Bonchev–Trinajstić information content (AvgIpc) is 3.71. The van der Waals surface area contributed by atoms with Crippen molar-refractivity contribution < 1.29 is 32.6 Å². The van der Waals surface area contributed by atoms with Gasteiger partial charge >= 0.3 is 5.97 Å². The smallest absolute Gasteiger partial charge is 0.335 e. The quantitative estimate of drug-likeness (QED) is 0.253. The maximum absolute atomic E-state index is 13.4. The molecule has 4 aromatic rings. The van der Waals surface area contributed by atoms with E-state index in [9.17, 15) is 18.0 Å². The molecule has 1 amide bonds. The van der Waals surface area contributed by atoms with Crippen molar-refractivity contribution in [3.63, 3.8) is 0 Å². The van der Waals surface area contributed by atoms with E-state index in [1.807, 2.05) is 19.1 Å². The predicted molar refractivity (Wildman–Crippen MR) is 145 cm³/mol. The summed E-state index contributed by atoms with van der Waals surface area (Å²) in [5.41, 5.74) is 1.65. The van der Waals surface area contributed by atoms with Gasteiger partial charge in [0.1, 0.15) is 11.5 Å². The minimum atomic E-state index is -3.36. The van der Waals surface area contributed by atoms with E-state index < -0.39 is 27.8 Å². The number of anilines is 1. The molecule has 1 unspecified atom stereocenters. The molecule has 9 nitrogen and oxygen atoms in total. The fourth-order valence-electron chi connectivity index (χ4n) is 3.75. The third kappa shape index (κ3) is 6.27. The zero-order chi connectivity index (χ0) is 27.6. The van der Waals surface area contributed by atoms with E-state index in [0.29, 0.717) is 35.0 Å². The van der Waals surface area contributed by atoms with Crippen LogP contribution in [-0.4, -0.2) is 35.6 Å². The Balaban J connectivity index is 1.33. The van der Waals surface area contributed by atoms with Gasteiger partial charge in [-0.3, -0.25) is 10.1 Å². The molecule has 1 heterocycles. The van der Waals surface area contributed by atoms with Gasteiger partial charge in [-0.2, -0.15) is 0 Å². The number of carboxylic acid groups (broad SMARTS) is 1. The van der Waals surface area contributed by atoms with E-state index in [-0.39, 0.29) is 20.8 Å². The van der Waals surface area contributed by atoms with Crippen LogP contribution in [0.15, 0.2) is 83.9 Å². The van der Waals surface area contributed by atoms with Crippen LogP contribution in [0.2, 0.25) is 0 Å². The fraction of sp³-hybridized carbons (Fsp3) is 0.179. The van der Waals surface area contributed by atoms with Gasteiger partial charge in [-0.05, 0) is 68.3 Å². The first-order chi connectivity index (χ1) is 18.7. The fourth-order valence-corrected chi connectivity index (χ4v) is 6.09. The molecule has 200 valence electrons.